The van der Waals surface area contributed by atoms with Gasteiger partial charge < -0.3 is 10.1 Å². The number of alkyl halides is 1. The van der Waals surface area contributed by atoms with Gasteiger partial charge in [-0.1, -0.05) is 0 Å². The molecule has 1 fully saturated rings. The fourth-order valence-electron chi connectivity index (χ4n) is 1.25. The fraction of sp³-hybridized carbons (Fsp3) is 0.500. The molecule has 76 valence electrons. The van der Waals surface area contributed by atoms with Gasteiger partial charge in [0, 0.05) is 0 Å². The Morgan fingerprint density at radius 2 is 2.36 bits per heavy atom. The van der Waals surface area contributed by atoms with Gasteiger partial charge in [0.05, 0.1) is 25.5 Å². The Labute approximate surface area is 79.3 Å². The molecule has 1 aliphatic rings. The van der Waals surface area contributed by atoms with Crippen molar-refractivity contribution in [3.05, 3.63) is 18.3 Å². The van der Waals surface area contributed by atoms with Crippen LogP contribution in [0.3, 0.4) is 0 Å². The second-order valence-corrected chi connectivity index (χ2v) is 3.02. The number of ether oxygens (including phenoxy) is 1. The van der Waals surface area contributed by atoms with E-state index in [-0.39, 0.29) is 19.0 Å². The van der Waals surface area contributed by atoms with Gasteiger partial charge in [0.15, 0.2) is 11.6 Å². The summed E-state index contributed by atoms with van der Waals surface area (Å²) >= 11 is 0. The van der Waals surface area contributed by atoms with Crippen molar-refractivity contribution in [2.24, 2.45) is 0 Å². The molecule has 2 rings (SSSR count). The number of anilines is 1. The smallest absolute Gasteiger partial charge is 0.183 e. The molecule has 1 saturated heterocycles. The predicted molar refractivity (Wildman–Crippen MR) is 45.1 cm³/mol. The van der Waals surface area contributed by atoms with Crippen LogP contribution in [0.15, 0.2) is 12.5 Å². The van der Waals surface area contributed by atoms with Crippen molar-refractivity contribution in [1.82, 2.24) is 9.97 Å². The standard InChI is InChI=1S/C8H9F2N3O/c9-5-1-11-4-12-8(5)13-7-3-14-2-6(7)10/h1,4,6-7H,2-3H2,(H,11,12,13)/t6-,7-/m1/s1. The minimum atomic E-state index is -1.12. The molecule has 0 amide bonds. The van der Waals surface area contributed by atoms with Gasteiger partial charge in [0.2, 0.25) is 0 Å². The topological polar surface area (TPSA) is 47.0 Å². The SMILES string of the molecule is Fc1cncnc1N[C@@H]1COC[C@H]1F. The van der Waals surface area contributed by atoms with Crippen LogP contribution >= 0.6 is 0 Å². The molecular formula is C8H9F2N3O. The predicted octanol–water partition coefficient (Wildman–Crippen LogP) is 0.764. The number of nitrogens with zero attached hydrogens (tertiary/aromatic N) is 2. The van der Waals surface area contributed by atoms with Crippen LogP contribution in [-0.2, 0) is 4.74 Å². The molecule has 0 saturated carbocycles. The summed E-state index contributed by atoms with van der Waals surface area (Å²) in [5, 5.41) is 2.63. The molecule has 14 heavy (non-hydrogen) atoms. The Morgan fingerprint density at radius 1 is 1.50 bits per heavy atom. The van der Waals surface area contributed by atoms with E-state index in [2.05, 4.69) is 15.3 Å². The van der Waals surface area contributed by atoms with E-state index in [0.717, 1.165) is 6.20 Å². The van der Waals surface area contributed by atoms with Gasteiger partial charge in [0.1, 0.15) is 12.5 Å². The molecule has 0 unspecified atom stereocenters. The van der Waals surface area contributed by atoms with Crippen molar-refractivity contribution in [2.45, 2.75) is 12.2 Å². The molecule has 0 aromatic carbocycles. The lowest BCUT2D eigenvalue weighted by atomic mass is 10.2. The second-order valence-electron chi connectivity index (χ2n) is 3.02. The molecule has 2 heterocycles. The van der Waals surface area contributed by atoms with Gasteiger partial charge in [-0.25, -0.2) is 18.7 Å². The maximum atomic E-state index is 13.1. The zero-order valence-electron chi connectivity index (χ0n) is 7.28. The maximum absolute atomic E-state index is 13.1. The van der Waals surface area contributed by atoms with Gasteiger partial charge in [-0.05, 0) is 0 Å². The van der Waals surface area contributed by atoms with Crippen molar-refractivity contribution < 1.29 is 13.5 Å². The summed E-state index contributed by atoms with van der Waals surface area (Å²) in [6, 6.07) is -0.528. The molecule has 0 aliphatic carbocycles. The first kappa shape index (κ1) is 9.26. The summed E-state index contributed by atoms with van der Waals surface area (Å²) in [7, 11) is 0. The number of rotatable bonds is 2. The zero-order valence-corrected chi connectivity index (χ0v) is 7.28. The zero-order chi connectivity index (χ0) is 9.97. The lowest BCUT2D eigenvalue weighted by Crippen LogP contribution is -2.29. The molecular weight excluding hydrogens is 192 g/mol. The monoisotopic (exact) mass is 201 g/mol. The normalized spacial score (nSPS) is 26.4. The molecule has 0 spiro atoms. The summed E-state index contributed by atoms with van der Waals surface area (Å²) in [5.41, 5.74) is 0. The largest absolute Gasteiger partial charge is 0.376 e. The summed E-state index contributed by atoms with van der Waals surface area (Å²) in [6.07, 6.45) is 1.11. The van der Waals surface area contributed by atoms with Crippen molar-refractivity contribution in [2.75, 3.05) is 18.5 Å². The van der Waals surface area contributed by atoms with Crippen molar-refractivity contribution in [1.29, 1.82) is 0 Å². The molecule has 1 aliphatic heterocycles. The third-order valence-electron chi connectivity index (χ3n) is 2.00. The van der Waals surface area contributed by atoms with Gasteiger partial charge in [-0.2, -0.15) is 0 Å². The molecule has 1 aromatic rings. The Bertz CT molecular complexity index is 323. The maximum Gasteiger partial charge on any atom is 0.183 e. The molecule has 6 heteroatoms. The summed E-state index contributed by atoms with van der Waals surface area (Å²) < 4.78 is 30.9. The van der Waals surface area contributed by atoms with E-state index >= 15 is 0 Å². The summed E-state index contributed by atoms with van der Waals surface area (Å²) in [5.74, 6) is -0.579. The van der Waals surface area contributed by atoms with Crippen molar-refractivity contribution in [3.63, 3.8) is 0 Å². The van der Waals surface area contributed by atoms with Gasteiger partial charge in [-0.15, -0.1) is 0 Å². The number of hydrogen-bond acceptors (Lipinski definition) is 4. The van der Waals surface area contributed by atoms with E-state index in [1.165, 1.54) is 6.33 Å². The molecule has 0 bridgehead atoms. The highest BCUT2D eigenvalue weighted by Gasteiger charge is 2.28. The molecule has 1 aromatic heterocycles. The first-order valence-corrected chi connectivity index (χ1v) is 4.21. The Kier molecular flexibility index (Phi) is 2.53. The minimum absolute atomic E-state index is 0.0122. The van der Waals surface area contributed by atoms with E-state index in [0.29, 0.717) is 0 Å². The minimum Gasteiger partial charge on any atom is -0.376 e. The second kappa shape index (κ2) is 3.83. The Hall–Kier alpha value is -1.30. The molecule has 2 atom stereocenters. The number of aromatic nitrogens is 2. The van der Waals surface area contributed by atoms with E-state index < -0.39 is 18.0 Å². The van der Waals surface area contributed by atoms with Crippen LogP contribution in [0.1, 0.15) is 0 Å². The van der Waals surface area contributed by atoms with Gasteiger partial charge in [-0.3, -0.25) is 0 Å². The fourth-order valence-corrected chi connectivity index (χ4v) is 1.25. The Morgan fingerprint density at radius 3 is 3.00 bits per heavy atom. The Balaban J connectivity index is 2.07. The highest BCUT2D eigenvalue weighted by atomic mass is 19.1. The third kappa shape index (κ3) is 1.79. The van der Waals surface area contributed by atoms with Crippen LogP contribution in [-0.4, -0.2) is 35.4 Å². The van der Waals surface area contributed by atoms with Crippen LogP contribution in [0.5, 0.6) is 0 Å². The molecule has 0 radical (unpaired) electrons. The summed E-state index contributed by atoms with van der Waals surface area (Å²) in [6.45, 7) is 0.273. The summed E-state index contributed by atoms with van der Waals surface area (Å²) in [4.78, 5) is 7.14. The van der Waals surface area contributed by atoms with Crippen LogP contribution in [0.25, 0.3) is 0 Å². The molecule has 1 N–H and O–H groups in total. The lowest BCUT2D eigenvalue weighted by molar-refractivity contribution is 0.173. The quantitative estimate of drug-likeness (QED) is 0.767. The van der Waals surface area contributed by atoms with E-state index in [1.807, 2.05) is 0 Å². The van der Waals surface area contributed by atoms with Crippen molar-refractivity contribution in [3.8, 4) is 0 Å². The highest BCUT2D eigenvalue weighted by Crippen LogP contribution is 2.16. The average Bonchev–Trinajstić information content (AvgIpc) is 2.56. The van der Waals surface area contributed by atoms with Gasteiger partial charge in [0.25, 0.3) is 0 Å². The van der Waals surface area contributed by atoms with E-state index in [9.17, 15) is 8.78 Å². The van der Waals surface area contributed by atoms with Crippen molar-refractivity contribution >= 4 is 5.82 Å². The number of hydrogen-bond donors (Lipinski definition) is 1. The van der Waals surface area contributed by atoms with Crippen LogP contribution < -0.4 is 5.32 Å². The van der Waals surface area contributed by atoms with E-state index in [4.69, 9.17) is 4.74 Å². The van der Waals surface area contributed by atoms with Crippen LogP contribution in [0, 0.1) is 5.82 Å². The van der Waals surface area contributed by atoms with Gasteiger partial charge >= 0.3 is 0 Å². The first-order chi connectivity index (χ1) is 6.77. The first-order valence-electron chi connectivity index (χ1n) is 4.21. The average molecular weight is 201 g/mol. The lowest BCUT2D eigenvalue weighted by Gasteiger charge is -2.13. The van der Waals surface area contributed by atoms with Crippen LogP contribution in [0.2, 0.25) is 0 Å². The number of nitrogens with one attached hydrogen (secondary N) is 1. The van der Waals surface area contributed by atoms with Crippen LogP contribution in [0.4, 0.5) is 14.6 Å². The van der Waals surface area contributed by atoms with E-state index in [1.54, 1.807) is 0 Å². The molecule has 4 nitrogen and oxygen atoms in total. The highest BCUT2D eigenvalue weighted by molar-refractivity contribution is 5.35. The number of halogens is 2. The third-order valence-corrected chi connectivity index (χ3v) is 2.00.